The van der Waals surface area contributed by atoms with Crippen LogP contribution in [-0.2, 0) is 0 Å². The number of hydrogen-bond acceptors (Lipinski definition) is 0. The number of rotatable bonds is 0. The maximum Gasteiger partial charge on any atom is -0.0352 e. The van der Waals surface area contributed by atoms with Gasteiger partial charge in [0.2, 0.25) is 0 Å². The van der Waals surface area contributed by atoms with Crippen LogP contribution in [0.15, 0.2) is 0 Å². The van der Waals surface area contributed by atoms with Crippen LogP contribution in [0.3, 0.4) is 0 Å². The van der Waals surface area contributed by atoms with E-state index in [1.807, 2.05) is 0 Å². The average Bonchev–Trinajstić information content (AvgIpc) is 2.34. The highest BCUT2D eigenvalue weighted by molar-refractivity contribution is 5.05. The molecule has 3 rings (SSSR count). The van der Waals surface area contributed by atoms with Crippen LogP contribution in [0, 0.1) is 23.7 Å². The van der Waals surface area contributed by atoms with Gasteiger partial charge in [-0.25, -0.2) is 0 Å². The Morgan fingerprint density at radius 1 is 0.750 bits per heavy atom. The zero-order chi connectivity index (χ0) is 5.14. The van der Waals surface area contributed by atoms with Crippen molar-refractivity contribution in [1.29, 1.82) is 0 Å². The summed E-state index contributed by atoms with van der Waals surface area (Å²) in [7, 11) is 0. The van der Waals surface area contributed by atoms with Crippen LogP contribution in [0.25, 0.3) is 0 Å². The minimum absolute atomic E-state index is 1.22. The monoisotopic (exact) mass is 108 g/mol. The predicted molar refractivity (Wildman–Crippen MR) is 32.4 cm³/mol. The lowest BCUT2D eigenvalue weighted by molar-refractivity contribution is 0.182. The van der Waals surface area contributed by atoms with Gasteiger partial charge in [0.15, 0.2) is 0 Å². The summed E-state index contributed by atoms with van der Waals surface area (Å²) in [4.78, 5) is 0. The molecule has 3 aliphatic carbocycles. The van der Waals surface area contributed by atoms with Gasteiger partial charge in [-0.1, -0.05) is 0 Å². The minimum atomic E-state index is 1.22. The van der Waals surface area contributed by atoms with Crippen molar-refractivity contribution in [3.63, 3.8) is 0 Å². The van der Waals surface area contributed by atoms with Gasteiger partial charge in [0.05, 0.1) is 0 Å². The third-order valence-corrected chi connectivity index (χ3v) is 3.61. The van der Waals surface area contributed by atoms with E-state index in [0.717, 1.165) is 0 Å². The highest BCUT2D eigenvalue weighted by Crippen LogP contribution is 2.65. The Morgan fingerprint density at radius 3 is 2.12 bits per heavy atom. The van der Waals surface area contributed by atoms with E-state index < -0.39 is 0 Å². The van der Waals surface area contributed by atoms with Crippen LogP contribution >= 0.6 is 0 Å². The van der Waals surface area contributed by atoms with Crippen LogP contribution in [0.1, 0.15) is 25.7 Å². The smallest absolute Gasteiger partial charge is 0.0352 e. The molecule has 0 N–H and O–H groups in total. The van der Waals surface area contributed by atoms with E-state index in [-0.39, 0.29) is 0 Å². The molecule has 8 heavy (non-hydrogen) atoms. The molecular formula is C8H12. The zero-order valence-electron chi connectivity index (χ0n) is 5.14. The molecule has 0 heterocycles. The van der Waals surface area contributed by atoms with Crippen molar-refractivity contribution in [3.05, 3.63) is 0 Å². The Balaban J connectivity index is 1.92. The van der Waals surface area contributed by atoms with Gasteiger partial charge in [0, 0.05) is 0 Å². The Morgan fingerprint density at radius 2 is 1.75 bits per heavy atom. The Hall–Kier alpha value is 0. The average molecular weight is 108 g/mol. The first kappa shape index (κ1) is 3.92. The lowest BCUT2D eigenvalue weighted by atomic mass is 9.73. The standard InChI is InChI=1S/C8H12/c1-2-7-5(1)3-6-4-8(6)7/h5-8H,1-4H2. The summed E-state index contributed by atoms with van der Waals surface area (Å²) >= 11 is 0. The molecule has 0 nitrogen and oxygen atoms in total. The Bertz CT molecular complexity index is 124. The third-order valence-electron chi connectivity index (χ3n) is 3.61. The second-order valence-corrected chi connectivity index (χ2v) is 3.90. The Kier molecular flexibility index (Phi) is 0.482. The van der Waals surface area contributed by atoms with Crippen LogP contribution in [0.4, 0.5) is 0 Å². The van der Waals surface area contributed by atoms with E-state index in [4.69, 9.17) is 0 Å². The van der Waals surface area contributed by atoms with Crippen molar-refractivity contribution in [2.75, 3.05) is 0 Å². The van der Waals surface area contributed by atoms with Gasteiger partial charge >= 0.3 is 0 Å². The minimum Gasteiger partial charge on any atom is -0.0499 e. The summed E-state index contributed by atoms with van der Waals surface area (Å²) in [6, 6.07) is 0. The van der Waals surface area contributed by atoms with Gasteiger partial charge in [-0.05, 0) is 49.4 Å². The summed E-state index contributed by atoms with van der Waals surface area (Å²) in [6.45, 7) is 0. The predicted octanol–water partition coefficient (Wildman–Crippen LogP) is 2.05. The summed E-state index contributed by atoms with van der Waals surface area (Å²) in [5.74, 6) is 4.93. The molecule has 44 valence electrons. The van der Waals surface area contributed by atoms with Crippen molar-refractivity contribution in [1.82, 2.24) is 0 Å². The van der Waals surface area contributed by atoms with Crippen LogP contribution in [-0.4, -0.2) is 0 Å². The molecule has 0 amide bonds. The molecule has 4 atom stereocenters. The molecule has 0 bridgehead atoms. The molecule has 0 heteroatoms. The second kappa shape index (κ2) is 0.984. The molecule has 4 unspecified atom stereocenters. The van der Waals surface area contributed by atoms with Crippen LogP contribution < -0.4 is 0 Å². The van der Waals surface area contributed by atoms with E-state index in [2.05, 4.69) is 0 Å². The first-order valence-corrected chi connectivity index (χ1v) is 3.95. The normalized spacial score (nSPS) is 66.0. The third kappa shape index (κ3) is 0.284. The van der Waals surface area contributed by atoms with Crippen molar-refractivity contribution in [2.45, 2.75) is 25.7 Å². The molecule has 3 saturated carbocycles. The van der Waals surface area contributed by atoms with Gasteiger partial charge in [0.1, 0.15) is 0 Å². The summed E-state index contributed by atoms with van der Waals surface area (Å²) < 4.78 is 0. The largest absolute Gasteiger partial charge is 0.0499 e. The molecule has 0 spiro atoms. The maximum atomic E-state index is 1.62. The topological polar surface area (TPSA) is 0 Å². The van der Waals surface area contributed by atoms with Gasteiger partial charge in [-0.3, -0.25) is 0 Å². The summed E-state index contributed by atoms with van der Waals surface area (Å²) in [6.07, 6.45) is 6.40. The number of fused-ring (bicyclic) bond motifs is 3. The molecule has 0 saturated heterocycles. The SMILES string of the molecule is C1CC2C1CC1CC12. The molecule has 0 radical (unpaired) electrons. The van der Waals surface area contributed by atoms with Crippen molar-refractivity contribution in [2.24, 2.45) is 23.7 Å². The fourth-order valence-corrected chi connectivity index (χ4v) is 2.91. The summed E-state index contributed by atoms with van der Waals surface area (Å²) in [5, 5.41) is 0. The lowest BCUT2D eigenvalue weighted by Crippen LogP contribution is -2.22. The second-order valence-electron chi connectivity index (χ2n) is 3.90. The zero-order valence-corrected chi connectivity index (χ0v) is 5.14. The molecule has 0 aromatic heterocycles. The Labute approximate surface area is 50.3 Å². The number of hydrogen-bond donors (Lipinski definition) is 0. The van der Waals surface area contributed by atoms with Crippen LogP contribution in [0.5, 0.6) is 0 Å². The fourth-order valence-electron chi connectivity index (χ4n) is 2.91. The maximum absolute atomic E-state index is 1.62. The van der Waals surface area contributed by atoms with Crippen molar-refractivity contribution < 1.29 is 0 Å². The van der Waals surface area contributed by atoms with E-state index in [1.54, 1.807) is 25.7 Å². The molecule has 3 aliphatic rings. The fraction of sp³-hybridized carbons (Fsp3) is 1.00. The van der Waals surface area contributed by atoms with Gasteiger partial charge < -0.3 is 0 Å². The van der Waals surface area contributed by atoms with E-state index in [9.17, 15) is 0 Å². The van der Waals surface area contributed by atoms with Crippen molar-refractivity contribution >= 4 is 0 Å². The quantitative estimate of drug-likeness (QED) is 0.445. The van der Waals surface area contributed by atoms with E-state index >= 15 is 0 Å². The molecule has 0 aliphatic heterocycles. The van der Waals surface area contributed by atoms with Gasteiger partial charge in [0.25, 0.3) is 0 Å². The molecular weight excluding hydrogens is 96.1 g/mol. The van der Waals surface area contributed by atoms with E-state index in [1.165, 1.54) is 23.7 Å². The van der Waals surface area contributed by atoms with Crippen molar-refractivity contribution in [3.8, 4) is 0 Å². The first-order valence-electron chi connectivity index (χ1n) is 3.95. The highest BCUT2D eigenvalue weighted by atomic mass is 14.6. The summed E-state index contributed by atoms with van der Waals surface area (Å²) in [5.41, 5.74) is 0. The molecule has 3 fully saturated rings. The first-order chi connectivity index (χ1) is 3.95. The molecule has 0 aromatic rings. The van der Waals surface area contributed by atoms with Gasteiger partial charge in [-0.15, -0.1) is 0 Å². The lowest BCUT2D eigenvalue weighted by Gasteiger charge is -2.32. The van der Waals surface area contributed by atoms with Gasteiger partial charge in [-0.2, -0.15) is 0 Å². The highest BCUT2D eigenvalue weighted by Gasteiger charge is 2.56. The molecule has 0 aromatic carbocycles. The van der Waals surface area contributed by atoms with E-state index in [0.29, 0.717) is 0 Å². The van der Waals surface area contributed by atoms with Crippen LogP contribution in [0.2, 0.25) is 0 Å².